The third-order valence-corrected chi connectivity index (χ3v) is 2.46. The molecule has 0 fully saturated rings. The summed E-state index contributed by atoms with van der Waals surface area (Å²) in [5, 5.41) is 0. The topological polar surface area (TPSA) is 35.5 Å². The highest BCUT2D eigenvalue weighted by molar-refractivity contribution is 9.10. The van der Waals surface area contributed by atoms with Crippen LogP contribution in [0.5, 0.6) is 11.5 Å². The first-order chi connectivity index (χ1) is 7.08. The number of hydrogen-bond donors (Lipinski definition) is 0. The van der Waals surface area contributed by atoms with Crippen molar-refractivity contribution in [3.8, 4) is 11.5 Å². The lowest BCUT2D eigenvalue weighted by Gasteiger charge is -2.12. The second kappa shape index (κ2) is 5.16. The summed E-state index contributed by atoms with van der Waals surface area (Å²) in [7, 11) is 3.15. The molecule has 1 rings (SSSR count). The Bertz CT molecular complexity index is 349. The third-order valence-electron chi connectivity index (χ3n) is 2.00. The summed E-state index contributed by atoms with van der Waals surface area (Å²) in [6.45, 7) is 1.54. The van der Waals surface area contributed by atoms with Crippen LogP contribution in [-0.2, 0) is 11.2 Å². The average molecular weight is 273 g/mol. The number of benzene rings is 1. The van der Waals surface area contributed by atoms with Crippen molar-refractivity contribution in [2.45, 2.75) is 13.3 Å². The van der Waals surface area contributed by atoms with Crippen molar-refractivity contribution in [2.24, 2.45) is 0 Å². The highest BCUT2D eigenvalue weighted by Gasteiger charge is 2.13. The summed E-state index contributed by atoms with van der Waals surface area (Å²) in [6.07, 6.45) is 0.319. The van der Waals surface area contributed by atoms with Gasteiger partial charge in [0.15, 0.2) is 0 Å². The molecule has 0 saturated heterocycles. The zero-order valence-corrected chi connectivity index (χ0v) is 10.6. The number of hydrogen-bond acceptors (Lipinski definition) is 3. The highest BCUT2D eigenvalue weighted by Crippen LogP contribution is 2.33. The standard InChI is InChI=1S/C11H13BrO3/c1-7(13)4-9-10(14-2)5-8(12)6-11(9)15-3/h5-6H,4H2,1-3H3. The fourth-order valence-electron chi connectivity index (χ4n) is 1.38. The summed E-state index contributed by atoms with van der Waals surface area (Å²) in [5.41, 5.74) is 0.788. The summed E-state index contributed by atoms with van der Waals surface area (Å²) in [4.78, 5) is 11.1. The summed E-state index contributed by atoms with van der Waals surface area (Å²) >= 11 is 3.35. The number of halogens is 1. The van der Waals surface area contributed by atoms with Gasteiger partial charge in [-0.3, -0.25) is 4.79 Å². The molecule has 0 radical (unpaired) electrons. The van der Waals surface area contributed by atoms with E-state index in [0.29, 0.717) is 17.9 Å². The van der Waals surface area contributed by atoms with Gasteiger partial charge in [-0.15, -0.1) is 0 Å². The van der Waals surface area contributed by atoms with Crippen molar-refractivity contribution in [1.82, 2.24) is 0 Å². The van der Waals surface area contributed by atoms with E-state index in [1.54, 1.807) is 21.1 Å². The normalized spacial score (nSPS) is 9.87. The lowest BCUT2D eigenvalue weighted by Crippen LogP contribution is -2.02. The van der Waals surface area contributed by atoms with Crippen LogP contribution in [0.4, 0.5) is 0 Å². The van der Waals surface area contributed by atoms with E-state index < -0.39 is 0 Å². The largest absolute Gasteiger partial charge is 0.496 e. The van der Waals surface area contributed by atoms with Gasteiger partial charge < -0.3 is 9.47 Å². The molecule has 3 nitrogen and oxygen atoms in total. The number of carbonyl (C=O) groups is 1. The molecule has 0 unspecified atom stereocenters. The fraction of sp³-hybridized carbons (Fsp3) is 0.364. The van der Waals surface area contributed by atoms with Gasteiger partial charge in [0.05, 0.1) is 14.2 Å². The molecule has 1 aromatic rings. The molecule has 0 aliphatic carbocycles. The van der Waals surface area contributed by atoms with Crippen molar-refractivity contribution in [3.05, 3.63) is 22.2 Å². The van der Waals surface area contributed by atoms with Crippen molar-refractivity contribution in [3.63, 3.8) is 0 Å². The minimum absolute atomic E-state index is 0.0777. The van der Waals surface area contributed by atoms with Crippen LogP contribution in [0.3, 0.4) is 0 Å². The second-order valence-corrected chi connectivity index (χ2v) is 4.08. The van der Waals surface area contributed by atoms with E-state index in [1.807, 2.05) is 12.1 Å². The molecule has 0 aliphatic rings. The van der Waals surface area contributed by atoms with E-state index in [0.717, 1.165) is 10.0 Å². The highest BCUT2D eigenvalue weighted by atomic mass is 79.9. The molecule has 0 N–H and O–H groups in total. The summed E-state index contributed by atoms with van der Waals surface area (Å²) in [6, 6.07) is 3.64. The van der Waals surface area contributed by atoms with Crippen molar-refractivity contribution in [1.29, 1.82) is 0 Å². The smallest absolute Gasteiger partial charge is 0.134 e. The average Bonchev–Trinajstić information content (AvgIpc) is 2.19. The van der Waals surface area contributed by atoms with Gasteiger partial charge in [0.2, 0.25) is 0 Å². The van der Waals surface area contributed by atoms with Crippen molar-refractivity contribution >= 4 is 21.7 Å². The van der Waals surface area contributed by atoms with Gasteiger partial charge in [-0.25, -0.2) is 0 Å². The van der Waals surface area contributed by atoms with Crippen LogP contribution in [0.2, 0.25) is 0 Å². The molecule has 4 heteroatoms. The Hall–Kier alpha value is -1.03. The van der Waals surface area contributed by atoms with Crippen LogP contribution >= 0.6 is 15.9 Å². The van der Waals surface area contributed by atoms with E-state index >= 15 is 0 Å². The molecule has 0 saturated carbocycles. The molecular weight excluding hydrogens is 260 g/mol. The Morgan fingerprint density at radius 3 is 2.07 bits per heavy atom. The molecule has 0 bridgehead atoms. The predicted octanol–water partition coefficient (Wildman–Crippen LogP) is 2.60. The van der Waals surface area contributed by atoms with E-state index in [9.17, 15) is 4.79 Å². The Kier molecular flexibility index (Phi) is 4.15. The predicted molar refractivity (Wildman–Crippen MR) is 61.6 cm³/mol. The minimum atomic E-state index is 0.0777. The minimum Gasteiger partial charge on any atom is -0.496 e. The van der Waals surface area contributed by atoms with Crippen LogP contribution in [0.1, 0.15) is 12.5 Å². The van der Waals surface area contributed by atoms with Gasteiger partial charge in [-0.05, 0) is 19.1 Å². The van der Waals surface area contributed by atoms with E-state index in [2.05, 4.69) is 15.9 Å². The fourth-order valence-corrected chi connectivity index (χ4v) is 1.79. The third kappa shape index (κ3) is 2.96. The number of methoxy groups -OCH3 is 2. The first-order valence-electron chi connectivity index (χ1n) is 4.48. The van der Waals surface area contributed by atoms with Crippen molar-refractivity contribution in [2.75, 3.05) is 14.2 Å². The van der Waals surface area contributed by atoms with E-state index in [4.69, 9.17) is 9.47 Å². The maximum absolute atomic E-state index is 11.1. The monoisotopic (exact) mass is 272 g/mol. The molecule has 0 amide bonds. The van der Waals surface area contributed by atoms with Crippen LogP contribution in [0.25, 0.3) is 0 Å². The number of carbonyl (C=O) groups excluding carboxylic acids is 1. The molecule has 0 aliphatic heterocycles. The zero-order chi connectivity index (χ0) is 11.4. The number of ether oxygens (including phenoxy) is 2. The van der Waals surface area contributed by atoms with Crippen LogP contribution < -0.4 is 9.47 Å². The lowest BCUT2D eigenvalue weighted by atomic mass is 10.1. The van der Waals surface area contributed by atoms with E-state index in [-0.39, 0.29) is 5.78 Å². The maximum atomic E-state index is 11.1. The van der Waals surface area contributed by atoms with Crippen LogP contribution in [0.15, 0.2) is 16.6 Å². The van der Waals surface area contributed by atoms with Gasteiger partial charge in [0.25, 0.3) is 0 Å². The molecule has 82 valence electrons. The van der Waals surface area contributed by atoms with Crippen LogP contribution in [-0.4, -0.2) is 20.0 Å². The molecule has 0 atom stereocenters. The van der Waals surface area contributed by atoms with E-state index in [1.165, 1.54) is 0 Å². The second-order valence-electron chi connectivity index (χ2n) is 3.17. The molecule has 15 heavy (non-hydrogen) atoms. The summed E-state index contributed by atoms with van der Waals surface area (Å²) < 4.78 is 11.3. The number of rotatable bonds is 4. The first-order valence-corrected chi connectivity index (χ1v) is 5.27. The Morgan fingerprint density at radius 1 is 1.27 bits per heavy atom. The Balaban J connectivity index is 3.23. The molecular formula is C11H13BrO3. The SMILES string of the molecule is COc1cc(Br)cc(OC)c1CC(C)=O. The van der Waals surface area contributed by atoms with Gasteiger partial charge in [0.1, 0.15) is 17.3 Å². The van der Waals surface area contributed by atoms with Gasteiger partial charge in [-0.1, -0.05) is 15.9 Å². The molecule has 1 aromatic carbocycles. The van der Waals surface area contributed by atoms with Gasteiger partial charge >= 0.3 is 0 Å². The van der Waals surface area contributed by atoms with Crippen LogP contribution in [0, 0.1) is 0 Å². The van der Waals surface area contributed by atoms with Gasteiger partial charge in [-0.2, -0.15) is 0 Å². The zero-order valence-electron chi connectivity index (χ0n) is 8.96. The Labute approximate surface area is 97.5 Å². The molecule has 0 spiro atoms. The number of Topliss-reactive ketones (excluding diaryl/α,β-unsaturated/α-hetero) is 1. The molecule has 0 aromatic heterocycles. The summed E-state index contributed by atoms with van der Waals surface area (Å²) in [5.74, 6) is 1.40. The maximum Gasteiger partial charge on any atom is 0.134 e. The number of ketones is 1. The van der Waals surface area contributed by atoms with Crippen molar-refractivity contribution < 1.29 is 14.3 Å². The quantitative estimate of drug-likeness (QED) is 0.845. The molecule has 0 heterocycles. The lowest BCUT2D eigenvalue weighted by molar-refractivity contribution is -0.116. The van der Waals surface area contributed by atoms with Gasteiger partial charge in [0, 0.05) is 16.5 Å². The first kappa shape index (κ1) is 12.0. The Morgan fingerprint density at radius 2 is 1.73 bits per heavy atom.